The molecule has 0 heterocycles. The molecule has 8 heteroatoms. The zero-order valence-corrected chi connectivity index (χ0v) is 14.3. The van der Waals surface area contributed by atoms with Gasteiger partial charge in [-0.3, -0.25) is 9.59 Å². The van der Waals surface area contributed by atoms with Crippen LogP contribution in [0.3, 0.4) is 0 Å². The number of nitrogens with two attached hydrogens (primary N) is 1. The number of sulfone groups is 1. The molecule has 0 bridgehead atoms. The number of hydrogen-bond acceptors (Lipinski definition) is 5. The Bertz CT molecular complexity index is 657. The van der Waals surface area contributed by atoms with Crippen molar-refractivity contribution in [2.45, 2.75) is 31.2 Å². The predicted octanol–water partition coefficient (Wildman–Crippen LogP) is -0.430. The molecule has 0 fully saturated rings. The molecule has 1 atom stereocenters. The first-order valence-electron chi connectivity index (χ1n) is 7.08. The Hall–Kier alpha value is -1.93. The zero-order valence-electron chi connectivity index (χ0n) is 13.5. The highest BCUT2D eigenvalue weighted by atomic mass is 32.2. The van der Waals surface area contributed by atoms with Crippen LogP contribution in [-0.4, -0.2) is 43.8 Å². The summed E-state index contributed by atoms with van der Waals surface area (Å²) in [6.45, 7) is 3.13. The lowest BCUT2D eigenvalue weighted by Gasteiger charge is -2.30. The summed E-state index contributed by atoms with van der Waals surface area (Å²) < 4.78 is 22.1. The van der Waals surface area contributed by atoms with E-state index in [9.17, 15) is 18.0 Å². The van der Waals surface area contributed by atoms with Gasteiger partial charge in [-0.1, -0.05) is 30.3 Å². The van der Waals surface area contributed by atoms with Gasteiger partial charge in [-0.05, 0) is 19.4 Å². The van der Waals surface area contributed by atoms with Crippen LogP contribution < -0.4 is 16.4 Å². The van der Waals surface area contributed by atoms with Crippen LogP contribution in [0.2, 0.25) is 0 Å². The predicted molar refractivity (Wildman–Crippen MR) is 88.2 cm³/mol. The molecule has 2 amide bonds. The Morgan fingerprint density at radius 1 is 1.22 bits per heavy atom. The summed E-state index contributed by atoms with van der Waals surface area (Å²) in [6.07, 6.45) is 1.00. The SMILES string of the molecule is CC(C)([C@H](NC(=O)CNCc1ccccc1)C(N)=O)S(C)(=O)=O. The maximum absolute atomic E-state index is 11.9. The fourth-order valence-electron chi connectivity index (χ4n) is 1.93. The lowest BCUT2D eigenvalue weighted by atomic mass is 10.0. The highest BCUT2D eigenvalue weighted by molar-refractivity contribution is 7.92. The largest absolute Gasteiger partial charge is 0.368 e. The van der Waals surface area contributed by atoms with E-state index in [0.717, 1.165) is 11.8 Å². The Labute approximate surface area is 136 Å². The van der Waals surface area contributed by atoms with Crippen molar-refractivity contribution in [2.24, 2.45) is 5.73 Å². The fraction of sp³-hybridized carbons (Fsp3) is 0.467. The van der Waals surface area contributed by atoms with E-state index in [0.29, 0.717) is 6.54 Å². The summed E-state index contributed by atoms with van der Waals surface area (Å²) in [4.78, 5) is 23.5. The van der Waals surface area contributed by atoms with E-state index in [1.165, 1.54) is 13.8 Å². The average molecular weight is 341 g/mol. The number of carbonyl (C=O) groups excluding carboxylic acids is 2. The highest BCUT2D eigenvalue weighted by Crippen LogP contribution is 2.20. The molecule has 0 aliphatic rings. The van der Waals surface area contributed by atoms with Gasteiger partial charge in [0.1, 0.15) is 6.04 Å². The Kier molecular flexibility index (Phi) is 6.28. The summed E-state index contributed by atoms with van der Waals surface area (Å²) in [6, 6.07) is 8.17. The third kappa shape index (κ3) is 5.33. The summed E-state index contributed by atoms with van der Waals surface area (Å²) in [5, 5.41) is 5.32. The molecule has 4 N–H and O–H groups in total. The first-order chi connectivity index (χ1) is 10.6. The van der Waals surface area contributed by atoms with E-state index in [4.69, 9.17) is 5.73 Å². The second kappa shape index (κ2) is 7.56. The van der Waals surface area contributed by atoms with Crippen molar-refractivity contribution in [1.82, 2.24) is 10.6 Å². The van der Waals surface area contributed by atoms with Crippen molar-refractivity contribution in [1.29, 1.82) is 0 Å². The summed E-state index contributed by atoms with van der Waals surface area (Å²) in [5.41, 5.74) is 6.25. The van der Waals surface area contributed by atoms with Crippen molar-refractivity contribution in [2.75, 3.05) is 12.8 Å². The molecule has 0 saturated carbocycles. The van der Waals surface area contributed by atoms with Crippen LogP contribution in [0, 0.1) is 0 Å². The molecular formula is C15H23N3O4S. The molecule has 0 saturated heterocycles. The van der Waals surface area contributed by atoms with E-state index < -0.39 is 32.4 Å². The van der Waals surface area contributed by atoms with Crippen LogP contribution in [0.15, 0.2) is 30.3 Å². The quantitative estimate of drug-likeness (QED) is 0.593. The molecule has 7 nitrogen and oxygen atoms in total. The third-order valence-electron chi connectivity index (χ3n) is 3.70. The van der Waals surface area contributed by atoms with Gasteiger partial charge in [-0.25, -0.2) is 8.42 Å². The van der Waals surface area contributed by atoms with Crippen molar-refractivity contribution >= 4 is 21.7 Å². The summed E-state index contributed by atoms with van der Waals surface area (Å²) in [7, 11) is -3.59. The van der Waals surface area contributed by atoms with Crippen LogP contribution in [0.1, 0.15) is 19.4 Å². The van der Waals surface area contributed by atoms with Gasteiger partial charge in [0.25, 0.3) is 0 Å². The molecule has 0 unspecified atom stereocenters. The third-order valence-corrected chi connectivity index (χ3v) is 5.85. The van der Waals surface area contributed by atoms with E-state index in [1.807, 2.05) is 30.3 Å². The zero-order chi connectivity index (χ0) is 17.7. The molecule has 128 valence electrons. The maximum Gasteiger partial charge on any atom is 0.241 e. The Balaban J connectivity index is 2.64. The minimum absolute atomic E-state index is 0.0570. The summed E-state index contributed by atoms with van der Waals surface area (Å²) in [5.74, 6) is -1.39. The van der Waals surface area contributed by atoms with Gasteiger partial charge in [-0.15, -0.1) is 0 Å². The minimum Gasteiger partial charge on any atom is -0.368 e. The Morgan fingerprint density at radius 3 is 2.26 bits per heavy atom. The summed E-state index contributed by atoms with van der Waals surface area (Å²) >= 11 is 0. The van der Waals surface area contributed by atoms with Gasteiger partial charge in [0, 0.05) is 12.8 Å². The van der Waals surface area contributed by atoms with E-state index in [1.54, 1.807) is 0 Å². The molecule has 0 aromatic heterocycles. The van der Waals surface area contributed by atoms with Gasteiger partial charge in [0.05, 0.1) is 11.3 Å². The average Bonchev–Trinajstić information content (AvgIpc) is 2.44. The van der Waals surface area contributed by atoms with Crippen molar-refractivity contribution in [3.8, 4) is 0 Å². The molecule has 0 radical (unpaired) electrons. The number of carbonyl (C=O) groups is 2. The topological polar surface area (TPSA) is 118 Å². The van der Waals surface area contributed by atoms with Crippen molar-refractivity contribution in [3.05, 3.63) is 35.9 Å². The number of nitrogens with one attached hydrogen (secondary N) is 2. The number of hydrogen-bond donors (Lipinski definition) is 3. The maximum atomic E-state index is 11.9. The van der Waals surface area contributed by atoms with E-state index in [2.05, 4.69) is 10.6 Å². The van der Waals surface area contributed by atoms with Crippen molar-refractivity contribution in [3.63, 3.8) is 0 Å². The monoisotopic (exact) mass is 341 g/mol. The number of rotatable bonds is 8. The van der Waals surface area contributed by atoms with Gasteiger partial charge in [0.2, 0.25) is 11.8 Å². The lowest BCUT2D eigenvalue weighted by Crippen LogP contribution is -2.60. The molecule has 1 aromatic carbocycles. The lowest BCUT2D eigenvalue weighted by molar-refractivity contribution is -0.127. The first-order valence-corrected chi connectivity index (χ1v) is 8.97. The van der Waals surface area contributed by atoms with Crippen LogP contribution >= 0.6 is 0 Å². The van der Waals surface area contributed by atoms with Crippen molar-refractivity contribution < 1.29 is 18.0 Å². The molecule has 0 spiro atoms. The second-order valence-corrected chi connectivity index (χ2v) is 8.46. The molecule has 0 aliphatic heterocycles. The smallest absolute Gasteiger partial charge is 0.241 e. The normalized spacial score (nSPS) is 13.3. The minimum atomic E-state index is -3.59. The molecule has 1 aromatic rings. The number of primary amides is 1. The standard InChI is InChI=1S/C15H23N3O4S/c1-15(2,23(3,21)22)13(14(16)20)18-12(19)10-17-9-11-7-5-4-6-8-11/h4-8,13,17H,9-10H2,1-3H3,(H2,16,20)(H,18,19)/t13-/m1/s1. The number of amides is 2. The van der Waals surface area contributed by atoms with Crippen LogP contribution in [0.25, 0.3) is 0 Å². The van der Waals surface area contributed by atoms with E-state index in [-0.39, 0.29) is 6.54 Å². The van der Waals surface area contributed by atoms with E-state index >= 15 is 0 Å². The second-order valence-electron chi connectivity index (χ2n) is 5.87. The molecule has 0 aliphatic carbocycles. The Morgan fingerprint density at radius 2 is 1.78 bits per heavy atom. The molecule has 23 heavy (non-hydrogen) atoms. The van der Waals surface area contributed by atoms with Gasteiger partial charge in [-0.2, -0.15) is 0 Å². The van der Waals surface area contributed by atoms with Gasteiger partial charge >= 0.3 is 0 Å². The first kappa shape index (κ1) is 19.1. The molecular weight excluding hydrogens is 318 g/mol. The highest BCUT2D eigenvalue weighted by Gasteiger charge is 2.43. The molecule has 1 rings (SSSR count). The number of benzene rings is 1. The van der Waals surface area contributed by atoms with Crippen LogP contribution in [0.4, 0.5) is 0 Å². The van der Waals surface area contributed by atoms with Gasteiger partial charge < -0.3 is 16.4 Å². The van der Waals surface area contributed by atoms with Gasteiger partial charge in [0.15, 0.2) is 9.84 Å². The van der Waals surface area contributed by atoms with Crippen LogP contribution in [-0.2, 0) is 26.0 Å². The van der Waals surface area contributed by atoms with Crippen LogP contribution in [0.5, 0.6) is 0 Å². The fourth-order valence-corrected chi connectivity index (χ4v) is 2.53.